The van der Waals surface area contributed by atoms with Crippen molar-refractivity contribution in [2.45, 2.75) is 26.2 Å². The number of carbonyl (C=O) groups is 3. The standard InChI is InChI=1S/C26H25NO4/c1-26(2,3)21-15-9-10-16-22(21)27-23(28)17-31-25(30)20-14-8-7-13-19(20)24(29)18-11-5-4-6-12-18/h4-16H,17H2,1-3H3,(H,27,28). The number of nitrogens with one attached hydrogen (secondary N) is 1. The number of esters is 1. The van der Waals surface area contributed by atoms with Crippen LogP contribution in [0.3, 0.4) is 0 Å². The molecule has 0 aliphatic rings. The summed E-state index contributed by atoms with van der Waals surface area (Å²) in [5.41, 5.74) is 2.33. The number of hydrogen-bond donors (Lipinski definition) is 1. The van der Waals surface area contributed by atoms with Crippen molar-refractivity contribution in [3.05, 3.63) is 101 Å². The fourth-order valence-electron chi connectivity index (χ4n) is 3.25. The van der Waals surface area contributed by atoms with Crippen LogP contribution in [0.2, 0.25) is 0 Å². The monoisotopic (exact) mass is 415 g/mol. The Balaban J connectivity index is 1.70. The highest BCUT2D eigenvalue weighted by Crippen LogP contribution is 2.29. The average Bonchev–Trinajstić information content (AvgIpc) is 2.77. The fourth-order valence-corrected chi connectivity index (χ4v) is 3.25. The molecule has 0 fully saturated rings. The van der Waals surface area contributed by atoms with Crippen LogP contribution in [-0.4, -0.2) is 24.3 Å². The Hall–Kier alpha value is -3.73. The van der Waals surface area contributed by atoms with Gasteiger partial charge in [-0.25, -0.2) is 4.79 Å². The third-order valence-electron chi connectivity index (χ3n) is 4.77. The molecule has 158 valence electrons. The molecule has 0 spiro atoms. The number of rotatable bonds is 6. The quantitative estimate of drug-likeness (QED) is 0.454. The van der Waals surface area contributed by atoms with Gasteiger partial charge in [0.2, 0.25) is 0 Å². The Labute approximate surface area is 182 Å². The second-order valence-corrected chi connectivity index (χ2v) is 8.16. The van der Waals surface area contributed by atoms with Crippen molar-refractivity contribution in [2.75, 3.05) is 11.9 Å². The molecule has 31 heavy (non-hydrogen) atoms. The number of hydrogen-bond acceptors (Lipinski definition) is 4. The third-order valence-corrected chi connectivity index (χ3v) is 4.77. The van der Waals surface area contributed by atoms with Crippen LogP contribution in [0.25, 0.3) is 0 Å². The van der Waals surface area contributed by atoms with Crippen LogP contribution >= 0.6 is 0 Å². The van der Waals surface area contributed by atoms with E-state index >= 15 is 0 Å². The Morgan fingerprint density at radius 1 is 0.774 bits per heavy atom. The van der Waals surface area contributed by atoms with Crippen molar-refractivity contribution in [1.82, 2.24) is 0 Å². The number of carbonyl (C=O) groups excluding carboxylic acids is 3. The Kier molecular flexibility index (Phi) is 6.65. The maximum absolute atomic E-state index is 12.8. The number of ketones is 1. The smallest absolute Gasteiger partial charge is 0.339 e. The molecule has 0 radical (unpaired) electrons. The molecule has 0 saturated heterocycles. The number of ether oxygens (including phenoxy) is 1. The highest BCUT2D eigenvalue weighted by atomic mass is 16.5. The summed E-state index contributed by atoms with van der Waals surface area (Å²) < 4.78 is 5.21. The molecule has 5 heteroatoms. The first-order valence-electron chi connectivity index (χ1n) is 10.0. The maximum Gasteiger partial charge on any atom is 0.339 e. The number of para-hydroxylation sites is 1. The molecule has 1 amide bonds. The van der Waals surface area contributed by atoms with Crippen molar-refractivity contribution < 1.29 is 19.1 Å². The summed E-state index contributed by atoms with van der Waals surface area (Å²) >= 11 is 0. The predicted molar refractivity (Wildman–Crippen MR) is 120 cm³/mol. The first-order valence-corrected chi connectivity index (χ1v) is 10.0. The van der Waals surface area contributed by atoms with E-state index in [9.17, 15) is 14.4 Å². The van der Waals surface area contributed by atoms with E-state index in [1.807, 2.05) is 30.3 Å². The van der Waals surface area contributed by atoms with Crippen molar-refractivity contribution in [1.29, 1.82) is 0 Å². The molecule has 0 unspecified atom stereocenters. The Morgan fingerprint density at radius 2 is 1.35 bits per heavy atom. The zero-order valence-corrected chi connectivity index (χ0v) is 17.8. The topological polar surface area (TPSA) is 72.5 Å². The molecular formula is C26H25NO4. The van der Waals surface area contributed by atoms with Gasteiger partial charge < -0.3 is 10.1 Å². The van der Waals surface area contributed by atoms with Crippen LogP contribution in [0, 0.1) is 0 Å². The summed E-state index contributed by atoms with van der Waals surface area (Å²) in [7, 11) is 0. The summed E-state index contributed by atoms with van der Waals surface area (Å²) in [4.78, 5) is 37.8. The van der Waals surface area contributed by atoms with E-state index in [1.165, 1.54) is 6.07 Å². The van der Waals surface area contributed by atoms with Crippen molar-refractivity contribution >= 4 is 23.3 Å². The molecule has 0 aliphatic carbocycles. The Morgan fingerprint density at radius 3 is 2.03 bits per heavy atom. The third kappa shape index (κ3) is 5.45. The lowest BCUT2D eigenvalue weighted by Gasteiger charge is -2.23. The first-order chi connectivity index (χ1) is 14.8. The summed E-state index contributed by atoms with van der Waals surface area (Å²) in [6, 6.07) is 22.6. The van der Waals surface area contributed by atoms with E-state index in [0.717, 1.165) is 5.56 Å². The molecule has 0 bridgehead atoms. The van der Waals surface area contributed by atoms with Gasteiger partial charge in [-0.3, -0.25) is 9.59 Å². The zero-order chi connectivity index (χ0) is 22.4. The van der Waals surface area contributed by atoms with E-state index in [-0.39, 0.29) is 22.3 Å². The molecule has 1 N–H and O–H groups in total. The van der Waals surface area contributed by atoms with Gasteiger partial charge in [0.05, 0.1) is 5.56 Å². The van der Waals surface area contributed by atoms with Crippen LogP contribution in [0.15, 0.2) is 78.9 Å². The maximum atomic E-state index is 12.8. The number of anilines is 1. The van der Waals surface area contributed by atoms with Gasteiger partial charge in [0.25, 0.3) is 5.91 Å². The predicted octanol–water partition coefficient (Wildman–Crippen LogP) is 5.01. The first kappa shape index (κ1) is 22.0. The largest absolute Gasteiger partial charge is 0.452 e. The van der Waals surface area contributed by atoms with Gasteiger partial charge in [0.1, 0.15) is 0 Å². The van der Waals surface area contributed by atoms with Crippen molar-refractivity contribution in [2.24, 2.45) is 0 Å². The molecular weight excluding hydrogens is 390 g/mol. The second-order valence-electron chi connectivity index (χ2n) is 8.16. The van der Waals surface area contributed by atoms with E-state index < -0.39 is 18.5 Å². The van der Waals surface area contributed by atoms with Gasteiger partial charge in [0.15, 0.2) is 12.4 Å². The average molecular weight is 415 g/mol. The Bertz CT molecular complexity index is 1100. The van der Waals surface area contributed by atoms with E-state index in [2.05, 4.69) is 26.1 Å². The van der Waals surface area contributed by atoms with E-state index in [4.69, 9.17) is 4.74 Å². The van der Waals surface area contributed by atoms with Crippen LogP contribution in [-0.2, 0) is 14.9 Å². The van der Waals surface area contributed by atoms with Crippen LogP contribution < -0.4 is 5.32 Å². The van der Waals surface area contributed by atoms with Gasteiger partial charge in [-0.2, -0.15) is 0 Å². The minimum absolute atomic E-state index is 0.124. The van der Waals surface area contributed by atoms with Gasteiger partial charge in [-0.1, -0.05) is 87.5 Å². The minimum Gasteiger partial charge on any atom is -0.452 e. The second kappa shape index (κ2) is 9.39. The summed E-state index contributed by atoms with van der Waals surface area (Å²) in [6.07, 6.45) is 0. The van der Waals surface area contributed by atoms with E-state index in [0.29, 0.717) is 11.3 Å². The van der Waals surface area contributed by atoms with Crippen LogP contribution in [0.4, 0.5) is 5.69 Å². The molecule has 5 nitrogen and oxygen atoms in total. The molecule has 3 aromatic rings. The van der Waals surface area contributed by atoms with Gasteiger partial charge in [-0.05, 0) is 23.1 Å². The summed E-state index contributed by atoms with van der Waals surface area (Å²) in [6.45, 7) is 5.71. The lowest BCUT2D eigenvalue weighted by molar-refractivity contribution is -0.119. The SMILES string of the molecule is CC(C)(C)c1ccccc1NC(=O)COC(=O)c1ccccc1C(=O)c1ccccc1. The number of benzene rings is 3. The molecule has 0 aliphatic heterocycles. The fraction of sp³-hybridized carbons (Fsp3) is 0.192. The van der Waals surface area contributed by atoms with Gasteiger partial charge in [-0.15, -0.1) is 0 Å². The summed E-state index contributed by atoms with van der Waals surface area (Å²) in [5.74, 6) is -1.45. The van der Waals surface area contributed by atoms with Gasteiger partial charge in [0, 0.05) is 16.8 Å². The summed E-state index contributed by atoms with van der Waals surface area (Å²) in [5, 5.41) is 2.80. The highest BCUT2D eigenvalue weighted by molar-refractivity contribution is 6.14. The lowest BCUT2D eigenvalue weighted by Crippen LogP contribution is -2.24. The molecule has 0 saturated carbocycles. The molecule has 3 rings (SSSR count). The molecule has 3 aromatic carbocycles. The molecule has 0 aromatic heterocycles. The van der Waals surface area contributed by atoms with Crippen LogP contribution in [0.5, 0.6) is 0 Å². The van der Waals surface area contributed by atoms with Crippen molar-refractivity contribution in [3.63, 3.8) is 0 Å². The highest BCUT2D eigenvalue weighted by Gasteiger charge is 2.21. The van der Waals surface area contributed by atoms with E-state index in [1.54, 1.807) is 42.5 Å². The molecule has 0 atom stereocenters. The van der Waals surface area contributed by atoms with Crippen molar-refractivity contribution in [3.8, 4) is 0 Å². The normalized spacial score (nSPS) is 10.9. The number of amides is 1. The van der Waals surface area contributed by atoms with Gasteiger partial charge >= 0.3 is 5.97 Å². The zero-order valence-electron chi connectivity index (χ0n) is 17.8. The lowest BCUT2D eigenvalue weighted by atomic mass is 9.86. The van der Waals surface area contributed by atoms with Crippen LogP contribution in [0.1, 0.15) is 52.6 Å². The minimum atomic E-state index is -0.723. The molecule has 0 heterocycles.